The van der Waals surface area contributed by atoms with Crippen LogP contribution in [0, 0.1) is 5.41 Å². The number of nitrogen functional groups attached to an aromatic ring is 1. The third kappa shape index (κ3) is 2.99. The summed E-state index contributed by atoms with van der Waals surface area (Å²) in [5.74, 6) is -0.0166. The van der Waals surface area contributed by atoms with Crippen molar-refractivity contribution in [3.63, 3.8) is 0 Å². The van der Waals surface area contributed by atoms with Gasteiger partial charge in [0.05, 0.1) is 11.3 Å². The number of nitrogens with one attached hydrogen (secondary N) is 2. The zero-order valence-corrected chi connectivity index (χ0v) is 12.6. The number of carbonyl (C=O) groups is 1. The minimum atomic E-state index is -0.0609. The van der Waals surface area contributed by atoms with Gasteiger partial charge in [0.1, 0.15) is 5.84 Å². The van der Waals surface area contributed by atoms with Gasteiger partial charge in [-0.1, -0.05) is 36.4 Å². The Balaban J connectivity index is 1.84. The minimum Gasteiger partial charge on any atom is -0.383 e. The van der Waals surface area contributed by atoms with Crippen LogP contribution in [0.5, 0.6) is 0 Å². The van der Waals surface area contributed by atoms with Crippen molar-refractivity contribution < 1.29 is 4.79 Å². The van der Waals surface area contributed by atoms with Gasteiger partial charge in [-0.25, -0.2) is 0 Å². The highest BCUT2D eigenvalue weighted by Gasteiger charge is 2.10. The second-order valence-electron chi connectivity index (χ2n) is 4.95. The Hall–Kier alpha value is -2.66. The van der Waals surface area contributed by atoms with Crippen LogP contribution in [0.25, 0.3) is 10.1 Å². The normalized spacial score (nSPS) is 10.5. The molecule has 22 heavy (non-hydrogen) atoms. The molecule has 0 aliphatic heterocycles. The molecule has 3 rings (SSSR count). The number of amidine groups is 1. The van der Waals surface area contributed by atoms with E-state index < -0.39 is 0 Å². The molecule has 110 valence electrons. The lowest BCUT2D eigenvalue weighted by Gasteiger charge is -2.06. The van der Waals surface area contributed by atoms with E-state index in [1.807, 2.05) is 54.6 Å². The van der Waals surface area contributed by atoms with Gasteiger partial charge < -0.3 is 11.1 Å². The first kappa shape index (κ1) is 14.3. The summed E-state index contributed by atoms with van der Waals surface area (Å²) in [7, 11) is 0. The highest BCUT2D eigenvalue weighted by molar-refractivity contribution is 7.20. The number of nitrogens with two attached hydrogens (primary N) is 1. The first-order valence-corrected chi connectivity index (χ1v) is 7.66. The van der Waals surface area contributed by atoms with Crippen LogP contribution in [0.3, 0.4) is 0 Å². The van der Waals surface area contributed by atoms with Crippen molar-refractivity contribution in [2.24, 2.45) is 5.73 Å². The highest BCUT2D eigenvalue weighted by Crippen LogP contribution is 2.31. The molecule has 0 radical (unpaired) electrons. The highest BCUT2D eigenvalue weighted by atomic mass is 32.1. The fourth-order valence-corrected chi connectivity index (χ4v) is 3.23. The molecule has 0 saturated heterocycles. The molecule has 0 saturated carbocycles. The van der Waals surface area contributed by atoms with Crippen molar-refractivity contribution in [1.29, 1.82) is 5.41 Å². The van der Waals surface area contributed by atoms with Gasteiger partial charge in [0, 0.05) is 15.8 Å². The Morgan fingerprint density at radius 3 is 2.64 bits per heavy atom. The molecule has 0 bridgehead atoms. The fourth-order valence-electron chi connectivity index (χ4n) is 2.28. The second-order valence-corrected chi connectivity index (χ2v) is 6.04. The van der Waals surface area contributed by atoms with Crippen LogP contribution in [0.2, 0.25) is 0 Å². The fraction of sp³-hybridized carbons (Fsp3) is 0.0588. The number of carbonyl (C=O) groups excluding carboxylic acids is 1. The maximum atomic E-state index is 12.2. The average molecular weight is 309 g/mol. The van der Waals surface area contributed by atoms with Crippen molar-refractivity contribution in [2.75, 3.05) is 5.32 Å². The largest absolute Gasteiger partial charge is 0.383 e. The van der Waals surface area contributed by atoms with Gasteiger partial charge in [0.2, 0.25) is 5.91 Å². The summed E-state index contributed by atoms with van der Waals surface area (Å²) in [6.07, 6.45) is 0.334. The molecule has 5 heteroatoms. The quantitative estimate of drug-likeness (QED) is 0.510. The lowest BCUT2D eigenvalue weighted by molar-refractivity contribution is -0.115. The Bertz CT molecular complexity index is 839. The van der Waals surface area contributed by atoms with E-state index in [1.54, 1.807) is 0 Å². The van der Waals surface area contributed by atoms with Crippen LogP contribution in [-0.2, 0) is 11.2 Å². The second kappa shape index (κ2) is 5.99. The number of rotatable bonds is 4. The molecular formula is C17H15N3OS. The first-order chi connectivity index (χ1) is 10.6. The Labute approximate surface area is 132 Å². The van der Waals surface area contributed by atoms with E-state index in [9.17, 15) is 4.79 Å². The van der Waals surface area contributed by atoms with Gasteiger partial charge >= 0.3 is 0 Å². The van der Waals surface area contributed by atoms with Crippen molar-refractivity contribution in [3.05, 3.63) is 65.0 Å². The lowest BCUT2D eigenvalue weighted by Crippen LogP contribution is -2.14. The maximum Gasteiger partial charge on any atom is 0.228 e. The van der Waals surface area contributed by atoms with Gasteiger partial charge in [0.15, 0.2) is 0 Å². The number of amides is 1. The van der Waals surface area contributed by atoms with Gasteiger partial charge in [0.25, 0.3) is 0 Å². The van der Waals surface area contributed by atoms with Crippen LogP contribution in [0.1, 0.15) is 10.4 Å². The molecule has 0 unspecified atom stereocenters. The van der Waals surface area contributed by atoms with E-state index in [-0.39, 0.29) is 11.7 Å². The van der Waals surface area contributed by atoms with Crippen molar-refractivity contribution in [2.45, 2.75) is 6.42 Å². The molecule has 1 amide bonds. The number of fused-ring (bicyclic) bond motifs is 1. The molecule has 0 spiro atoms. The average Bonchev–Trinajstić information content (AvgIpc) is 2.93. The summed E-state index contributed by atoms with van der Waals surface area (Å²) in [6, 6.07) is 17.2. The summed E-state index contributed by atoms with van der Waals surface area (Å²) in [4.78, 5) is 12.9. The van der Waals surface area contributed by atoms with Crippen molar-refractivity contribution in [1.82, 2.24) is 0 Å². The van der Waals surface area contributed by atoms with E-state index in [0.29, 0.717) is 11.3 Å². The third-order valence-electron chi connectivity index (χ3n) is 3.31. The molecule has 2 aromatic carbocycles. The summed E-state index contributed by atoms with van der Waals surface area (Å²) in [6.45, 7) is 0. The standard InChI is InChI=1S/C17H15N3OS/c18-17(19)15-10-12-13(7-4-8-14(12)22-15)20-16(21)9-11-5-2-1-3-6-11/h1-8,10H,9H2,(H3,18,19)(H,20,21). The zero-order chi connectivity index (χ0) is 15.5. The Kier molecular flexibility index (Phi) is 3.89. The van der Waals surface area contributed by atoms with E-state index in [4.69, 9.17) is 11.1 Å². The number of hydrogen-bond donors (Lipinski definition) is 3. The number of hydrogen-bond acceptors (Lipinski definition) is 3. The number of benzene rings is 2. The van der Waals surface area contributed by atoms with E-state index >= 15 is 0 Å². The summed E-state index contributed by atoms with van der Waals surface area (Å²) in [5, 5.41) is 11.4. The predicted molar refractivity (Wildman–Crippen MR) is 91.6 cm³/mol. The zero-order valence-electron chi connectivity index (χ0n) is 11.8. The van der Waals surface area contributed by atoms with Gasteiger partial charge in [-0.05, 0) is 23.8 Å². The monoisotopic (exact) mass is 309 g/mol. The van der Waals surface area contributed by atoms with Crippen LogP contribution in [0.15, 0.2) is 54.6 Å². The van der Waals surface area contributed by atoms with Gasteiger partial charge in [-0.3, -0.25) is 10.2 Å². The predicted octanol–water partition coefficient (Wildman–Crippen LogP) is 3.37. The summed E-state index contributed by atoms with van der Waals surface area (Å²) >= 11 is 1.45. The third-order valence-corrected chi connectivity index (χ3v) is 4.44. The number of anilines is 1. The maximum absolute atomic E-state index is 12.2. The van der Waals surface area contributed by atoms with Crippen molar-refractivity contribution in [3.8, 4) is 0 Å². The molecule has 4 nitrogen and oxygen atoms in total. The summed E-state index contributed by atoms with van der Waals surface area (Å²) < 4.78 is 1.00. The molecule has 1 heterocycles. The minimum absolute atomic E-state index is 0.0442. The molecule has 0 aliphatic rings. The van der Waals surface area contributed by atoms with Crippen LogP contribution in [-0.4, -0.2) is 11.7 Å². The first-order valence-electron chi connectivity index (χ1n) is 6.84. The summed E-state index contributed by atoms with van der Waals surface area (Å²) in [5.41, 5.74) is 7.26. The molecule has 0 aliphatic carbocycles. The van der Waals surface area contributed by atoms with Gasteiger partial charge in [-0.2, -0.15) is 0 Å². The van der Waals surface area contributed by atoms with Crippen LogP contribution in [0.4, 0.5) is 5.69 Å². The van der Waals surface area contributed by atoms with Crippen LogP contribution < -0.4 is 11.1 Å². The molecular weight excluding hydrogens is 294 g/mol. The molecule has 4 N–H and O–H groups in total. The van der Waals surface area contributed by atoms with E-state index in [1.165, 1.54) is 11.3 Å². The molecule has 1 aromatic heterocycles. The van der Waals surface area contributed by atoms with Crippen LogP contribution >= 0.6 is 11.3 Å². The topological polar surface area (TPSA) is 79.0 Å². The van der Waals surface area contributed by atoms with Crippen molar-refractivity contribution >= 4 is 38.9 Å². The Morgan fingerprint density at radius 1 is 1.14 bits per heavy atom. The molecule has 0 atom stereocenters. The smallest absolute Gasteiger partial charge is 0.228 e. The van der Waals surface area contributed by atoms with E-state index in [2.05, 4.69) is 5.32 Å². The SMILES string of the molecule is N=C(N)c1cc2c(NC(=O)Cc3ccccc3)cccc2s1. The lowest BCUT2D eigenvalue weighted by atomic mass is 10.1. The Morgan fingerprint density at radius 2 is 1.91 bits per heavy atom. The molecule has 3 aromatic rings. The van der Waals surface area contributed by atoms with Gasteiger partial charge in [-0.15, -0.1) is 11.3 Å². The van der Waals surface area contributed by atoms with E-state index in [0.717, 1.165) is 21.3 Å². The number of thiophene rings is 1. The molecule has 0 fully saturated rings.